The first-order chi connectivity index (χ1) is 8.34. The summed E-state index contributed by atoms with van der Waals surface area (Å²) in [5.41, 5.74) is 0. The van der Waals surface area contributed by atoms with Crippen molar-refractivity contribution in [3.8, 4) is 5.75 Å². The maximum absolute atomic E-state index is 5.68. The molecule has 1 unspecified atom stereocenters. The van der Waals surface area contributed by atoms with Crippen LogP contribution in [0.5, 0.6) is 5.75 Å². The van der Waals surface area contributed by atoms with E-state index < -0.39 is 0 Å². The number of ether oxygens (including phenoxy) is 1. The zero-order chi connectivity index (χ0) is 11.9. The normalized spacial score (nSPS) is 19.8. The van der Waals surface area contributed by atoms with Crippen LogP contribution in [0.3, 0.4) is 0 Å². The predicted molar refractivity (Wildman–Crippen MR) is 70.5 cm³/mol. The summed E-state index contributed by atoms with van der Waals surface area (Å²) in [6.45, 7) is 4.04. The average Bonchev–Trinajstić information content (AvgIpc) is 2.83. The third-order valence-corrected chi connectivity index (χ3v) is 3.18. The van der Waals surface area contributed by atoms with Crippen LogP contribution in [0.2, 0.25) is 0 Å². The van der Waals surface area contributed by atoms with Crippen molar-refractivity contribution in [2.75, 3.05) is 33.3 Å². The van der Waals surface area contributed by atoms with Gasteiger partial charge in [0.2, 0.25) is 0 Å². The lowest BCUT2D eigenvalue weighted by molar-refractivity contribution is 0.225. The first-order valence-corrected chi connectivity index (χ1v) is 6.44. The lowest BCUT2D eigenvalue weighted by Gasteiger charge is -2.21. The zero-order valence-electron chi connectivity index (χ0n) is 10.6. The minimum absolute atomic E-state index is 0.678. The van der Waals surface area contributed by atoms with Gasteiger partial charge in [-0.15, -0.1) is 0 Å². The second-order valence-electron chi connectivity index (χ2n) is 4.72. The molecule has 0 aliphatic carbocycles. The molecule has 17 heavy (non-hydrogen) atoms. The number of nitrogens with zero attached hydrogens (tertiary/aromatic N) is 1. The number of likely N-dealkylation sites (N-methyl/N-ethyl adjacent to an activating group) is 1. The van der Waals surface area contributed by atoms with Gasteiger partial charge in [0.1, 0.15) is 12.4 Å². The van der Waals surface area contributed by atoms with E-state index in [4.69, 9.17) is 4.74 Å². The molecule has 1 aromatic rings. The fraction of sp³-hybridized carbons (Fsp3) is 0.571. The van der Waals surface area contributed by atoms with E-state index in [0.717, 1.165) is 25.4 Å². The van der Waals surface area contributed by atoms with Crippen LogP contribution in [-0.2, 0) is 0 Å². The summed E-state index contributed by atoms with van der Waals surface area (Å²) in [7, 11) is 2.16. The van der Waals surface area contributed by atoms with Gasteiger partial charge in [0.15, 0.2) is 0 Å². The molecule has 1 atom stereocenters. The Morgan fingerprint density at radius 3 is 2.88 bits per heavy atom. The van der Waals surface area contributed by atoms with Crippen molar-refractivity contribution in [3.63, 3.8) is 0 Å². The van der Waals surface area contributed by atoms with Gasteiger partial charge in [-0.2, -0.15) is 0 Å². The van der Waals surface area contributed by atoms with Crippen molar-refractivity contribution in [2.45, 2.75) is 18.9 Å². The zero-order valence-corrected chi connectivity index (χ0v) is 10.6. The number of hydrogen-bond donors (Lipinski definition) is 1. The maximum Gasteiger partial charge on any atom is 0.119 e. The maximum atomic E-state index is 5.68. The highest BCUT2D eigenvalue weighted by Gasteiger charge is 2.15. The van der Waals surface area contributed by atoms with Crippen LogP contribution in [0, 0.1) is 0 Å². The van der Waals surface area contributed by atoms with E-state index in [1.165, 1.54) is 19.4 Å². The highest BCUT2D eigenvalue weighted by Crippen LogP contribution is 2.08. The van der Waals surface area contributed by atoms with E-state index in [2.05, 4.69) is 17.3 Å². The average molecular weight is 234 g/mol. The topological polar surface area (TPSA) is 24.5 Å². The van der Waals surface area contributed by atoms with E-state index in [-0.39, 0.29) is 0 Å². The predicted octanol–water partition coefficient (Wildman–Crippen LogP) is 1.75. The van der Waals surface area contributed by atoms with Crippen LogP contribution in [0.25, 0.3) is 0 Å². The summed E-state index contributed by atoms with van der Waals surface area (Å²) in [4.78, 5) is 2.34. The van der Waals surface area contributed by atoms with E-state index >= 15 is 0 Å². The van der Waals surface area contributed by atoms with Crippen LogP contribution in [0.1, 0.15) is 12.8 Å². The van der Waals surface area contributed by atoms with Crippen molar-refractivity contribution in [1.29, 1.82) is 0 Å². The molecule has 0 aromatic heterocycles. The van der Waals surface area contributed by atoms with Crippen molar-refractivity contribution in [2.24, 2.45) is 0 Å². The first kappa shape index (κ1) is 12.4. The third-order valence-electron chi connectivity index (χ3n) is 3.18. The Morgan fingerprint density at radius 2 is 2.18 bits per heavy atom. The molecule has 0 bridgehead atoms. The molecule has 0 amide bonds. The van der Waals surface area contributed by atoms with Crippen LogP contribution < -0.4 is 10.1 Å². The summed E-state index contributed by atoms with van der Waals surface area (Å²) >= 11 is 0. The van der Waals surface area contributed by atoms with Gasteiger partial charge in [-0.05, 0) is 38.6 Å². The Labute approximate surface area is 104 Å². The molecule has 94 valence electrons. The molecule has 0 radical (unpaired) electrons. The van der Waals surface area contributed by atoms with Gasteiger partial charge in [-0.3, -0.25) is 0 Å². The fourth-order valence-electron chi connectivity index (χ4n) is 2.22. The number of rotatable bonds is 6. The summed E-state index contributed by atoms with van der Waals surface area (Å²) in [6, 6.07) is 10.7. The van der Waals surface area contributed by atoms with Crippen LogP contribution in [-0.4, -0.2) is 44.2 Å². The minimum Gasteiger partial charge on any atom is -0.492 e. The van der Waals surface area contributed by atoms with E-state index in [1.54, 1.807) is 0 Å². The van der Waals surface area contributed by atoms with Gasteiger partial charge in [-0.25, -0.2) is 0 Å². The Bertz CT molecular complexity index is 309. The van der Waals surface area contributed by atoms with Crippen LogP contribution >= 0.6 is 0 Å². The van der Waals surface area contributed by atoms with Crippen molar-refractivity contribution in [1.82, 2.24) is 10.2 Å². The van der Waals surface area contributed by atoms with Crippen molar-refractivity contribution in [3.05, 3.63) is 30.3 Å². The van der Waals surface area contributed by atoms with Gasteiger partial charge < -0.3 is 15.0 Å². The number of para-hydroxylation sites is 1. The van der Waals surface area contributed by atoms with Crippen molar-refractivity contribution < 1.29 is 4.74 Å². The molecule has 0 saturated carbocycles. The molecule has 1 aliphatic rings. The highest BCUT2D eigenvalue weighted by atomic mass is 16.5. The number of benzene rings is 1. The van der Waals surface area contributed by atoms with Gasteiger partial charge in [0.05, 0.1) is 0 Å². The Kier molecular flexibility index (Phi) is 4.83. The lowest BCUT2D eigenvalue weighted by atomic mass is 10.2. The number of nitrogens with one attached hydrogen (secondary N) is 1. The van der Waals surface area contributed by atoms with Crippen molar-refractivity contribution >= 4 is 0 Å². The lowest BCUT2D eigenvalue weighted by Crippen LogP contribution is -2.37. The molecular formula is C14H22N2O. The molecule has 3 nitrogen and oxygen atoms in total. The largest absolute Gasteiger partial charge is 0.492 e. The Morgan fingerprint density at radius 1 is 1.35 bits per heavy atom. The molecule has 1 fully saturated rings. The smallest absolute Gasteiger partial charge is 0.119 e. The summed E-state index contributed by atoms with van der Waals surface area (Å²) in [6.07, 6.45) is 2.63. The third kappa shape index (κ3) is 4.36. The van der Waals surface area contributed by atoms with E-state index in [0.29, 0.717) is 6.04 Å². The highest BCUT2D eigenvalue weighted by molar-refractivity contribution is 5.20. The van der Waals surface area contributed by atoms with Gasteiger partial charge in [0.25, 0.3) is 0 Å². The van der Waals surface area contributed by atoms with Gasteiger partial charge in [0, 0.05) is 19.1 Å². The Hall–Kier alpha value is -1.06. The molecule has 3 heteroatoms. The van der Waals surface area contributed by atoms with Crippen LogP contribution in [0.15, 0.2) is 30.3 Å². The second-order valence-corrected chi connectivity index (χ2v) is 4.72. The summed E-state index contributed by atoms with van der Waals surface area (Å²) in [5, 5.41) is 3.51. The molecule has 1 aromatic carbocycles. The molecule has 1 aliphatic heterocycles. The number of hydrogen-bond acceptors (Lipinski definition) is 3. The summed E-state index contributed by atoms with van der Waals surface area (Å²) < 4.78 is 5.68. The molecule has 2 rings (SSSR count). The quantitative estimate of drug-likeness (QED) is 0.811. The standard InChI is InChI=1S/C14H22N2O/c1-16(12-13-6-5-9-15-13)10-11-17-14-7-3-2-4-8-14/h2-4,7-8,13,15H,5-6,9-12H2,1H3. The molecule has 1 saturated heterocycles. The fourth-order valence-corrected chi connectivity index (χ4v) is 2.22. The first-order valence-electron chi connectivity index (χ1n) is 6.44. The second kappa shape index (κ2) is 6.62. The van der Waals surface area contributed by atoms with E-state index in [9.17, 15) is 0 Å². The van der Waals surface area contributed by atoms with E-state index in [1.807, 2.05) is 30.3 Å². The van der Waals surface area contributed by atoms with Gasteiger partial charge in [-0.1, -0.05) is 18.2 Å². The molecular weight excluding hydrogens is 212 g/mol. The molecule has 1 N–H and O–H groups in total. The molecule has 0 spiro atoms. The SMILES string of the molecule is CN(CCOc1ccccc1)CC1CCCN1. The summed E-state index contributed by atoms with van der Waals surface area (Å²) in [5.74, 6) is 0.958. The van der Waals surface area contributed by atoms with Gasteiger partial charge >= 0.3 is 0 Å². The minimum atomic E-state index is 0.678. The Balaban J connectivity index is 1.61. The molecule has 1 heterocycles. The van der Waals surface area contributed by atoms with Crippen LogP contribution in [0.4, 0.5) is 0 Å². The monoisotopic (exact) mass is 234 g/mol.